The fourth-order valence-electron chi connectivity index (χ4n) is 0.942. The third kappa shape index (κ3) is 3.13. The molecule has 1 aromatic rings. The molecule has 4 heteroatoms. The lowest BCUT2D eigenvalue weighted by molar-refractivity contribution is 0.150. The minimum absolute atomic E-state index is 0.0139. The first-order valence-corrected chi connectivity index (χ1v) is 4.44. The zero-order valence-corrected chi connectivity index (χ0v) is 8.44. The van der Waals surface area contributed by atoms with Gasteiger partial charge in [0.1, 0.15) is 0 Å². The molecule has 0 bridgehead atoms. The molecule has 1 heterocycles. The van der Waals surface area contributed by atoms with E-state index in [1.165, 1.54) is 6.20 Å². The van der Waals surface area contributed by atoms with Crippen molar-refractivity contribution in [3.05, 3.63) is 17.5 Å². The Labute approximate surface area is 77.4 Å². The van der Waals surface area contributed by atoms with Gasteiger partial charge < -0.3 is 0 Å². The second-order valence-electron chi connectivity index (χ2n) is 2.69. The Morgan fingerprint density at radius 3 is 2.15 bits per heavy atom. The summed E-state index contributed by atoms with van der Waals surface area (Å²) in [4.78, 5) is 0. The minimum Gasteiger partial charge on any atom is -0.282 e. The molecule has 0 aromatic carbocycles. The van der Waals surface area contributed by atoms with Gasteiger partial charge in [-0.15, -0.1) is 0 Å². The summed E-state index contributed by atoms with van der Waals surface area (Å²) in [7, 11) is 0. The van der Waals surface area contributed by atoms with Gasteiger partial charge >= 0.3 is 0 Å². The van der Waals surface area contributed by atoms with Crippen LogP contribution in [0, 0.1) is 0 Å². The lowest BCUT2D eigenvalue weighted by atomic mass is 10.1. The van der Waals surface area contributed by atoms with Gasteiger partial charge in [-0.25, -0.2) is 8.78 Å². The smallest absolute Gasteiger partial charge is 0.267 e. The van der Waals surface area contributed by atoms with Crippen molar-refractivity contribution in [2.45, 2.75) is 40.0 Å². The Morgan fingerprint density at radius 2 is 1.85 bits per heavy atom. The first-order valence-electron chi connectivity index (χ1n) is 4.44. The van der Waals surface area contributed by atoms with Gasteiger partial charge in [-0.1, -0.05) is 27.7 Å². The highest BCUT2D eigenvalue weighted by Crippen LogP contribution is 2.25. The summed E-state index contributed by atoms with van der Waals surface area (Å²) in [6.07, 6.45) is -1.24. The van der Waals surface area contributed by atoms with Crippen molar-refractivity contribution in [1.82, 2.24) is 10.2 Å². The summed E-state index contributed by atoms with van der Waals surface area (Å²) < 4.78 is 24.3. The largest absolute Gasteiger partial charge is 0.282 e. The number of nitrogens with one attached hydrogen (secondary N) is 1. The number of nitrogens with zero attached hydrogens (tertiary/aromatic N) is 1. The van der Waals surface area contributed by atoms with Crippen molar-refractivity contribution in [2.75, 3.05) is 0 Å². The van der Waals surface area contributed by atoms with E-state index < -0.39 is 6.43 Å². The highest BCUT2D eigenvalue weighted by molar-refractivity contribution is 5.20. The highest BCUT2D eigenvalue weighted by Gasteiger charge is 2.16. The molecule has 0 amide bonds. The number of rotatable bonds is 2. The first-order chi connectivity index (χ1) is 6.13. The molecular weight excluding hydrogens is 174 g/mol. The number of hydrogen-bond acceptors (Lipinski definition) is 1. The Bertz CT molecular complexity index is 209. The van der Waals surface area contributed by atoms with Crippen molar-refractivity contribution >= 4 is 0 Å². The quantitative estimate of drug-likeness (QED) is 0.759. The Hall–Kier alpha value is -0.930. The van der Waals surface area contributed by atoms with E-state index in [4.69, 9.17) is 0 Å². The summed E-state index contributed by atoms with van der Waals surface area (Å²) >= 11 is 0. The maximum atomic E-state index is 12.2. The van der Waals surface area contributed by atoms with Crippen LogP contribution in [0.3, 0.4) is 0 Å². The van der Waals surface area contributed by atoms with Gasteiger partial charge in [0.15, 0.2) is 0 Å². The van der Waals surface area contributed by atoms with Gasteiger partial charge in [0.2, 0.25) is 0 Å². The first kappa shape index (κ1) is 12.1. The van der Waals surface area contributed by atoms with Crippen LogP contribution in [0.1, 0.15) is 51.3 Å². The molecule has 0 aliphatic rings. The average molecular weight is 190 g/mol. The summed E-state index contributed by atoms with van der Waals surface area (Å²) in [5.74, 6) is 0.0708. The van der Waals surface area contributed by atoms with Gasteiger partial charge in [-0.2, -0.15) is 5.10 Å². The summed E-state index contributed by atoms with van der Waals surface area (Å²) in [6, 6.07) is 0. The maximum Gasteiger partial charge on any atom is 0.267 e. The van der Waals surface area contributed by atoms with Crippen LogP contribution >= 0.6 is 0 Å². The molecule has 1 rings (SSSR count). The zero-order chi connectivity index (χ0) is 10.4. The third-order valence-corrected chi connectivity index (χ3v) is 1.51. The second-order valence-corrected chi connectivity index (χ2v) is 2.69. The molecule has 1 N–H and O–H groups in total. The topological polar surface area (TPSA) is 28.7 Å². The van der Waals surface area contributed by atoms with Crippen molar-refractivity contribution in [2.24, 2.45) is 0 Å². The van der Waals surface area contributed by atoms with Crippen molar-refractivity contribution in [3.63, 3.8) is 0 Å². The van der Waals surface area contributed by atoms with E-state index in [1.807, 2.05) is 27.7 Å². The lowest BCUT2D eigenvalue weighted by Gasteiger charge is -2.03. The Morgan fingerprint density at radius 1 is 1.31 bits per heavy atom. The monoisotopic (exact) mass is 190 g/mol. The van der Waals surface area contributed by atoms with E-state index in [0.29, 0.717) is 5.69 Å². The molecule has 76 valence electrons. The van der Waals surface area contributed by atoms with Crippen molar-refractivity contribution < 1.29 is 8.78 Å². The lowest BCUT2D eigenvalue weighted by Crippen LogP contribution is -1.93. The van der Waals surface area contributed by atoms with Gasteiger partial charge in [-0.3, -0.25) is 5.10 Å². The molecule has 2 nitrogen and oxygen atoms in total. The van der Waals surface area contributed by atoms with Gasteiger partial charge in [0.25, 0.3) is 6.43 Å². The highest BCUT2D eigenvalue weighted by atomic mass is 19.3. The maximum absolute atomic E-state index is 12.2. The van der Waals surface area contributed by atoms with E-state index in [1.54, 1.807) is 0 Å². The van der Waals surface area contributed by atoms with Crippen LogP contribution in [0.5, 0.6) is 0 Å². The Balaban J connectivity index is 0.000000671. The third-order valence-electron chi connectivity index (χ3n) is 1.51. The molecule has 0 aliphatic heterocycles. The van der Waals surface area contributed by atoms with Gasteiger partial charge in [0.05, 0.1) is 11.8 Å². The second kappa shape index (κ2) is 5.67. The molecule has 1 aromatic heterocycles. The van der Waals surface area contributed by atoms with E-state index in [-0.39, 0.29) is 11.5 Å². The number of aromatic nitrogens is 2. The average Bonchev–Trinajstić information content (AvgIpc) is 2.55. The number of halogens is 2. The number of aromatic amines is 1. The molecule has 0 saturated carbocycles. The summed E-state index contributed by atoms with van der Waals surface area (Å²) in [6.45, 7) is 7.69. The van der Waals surface area contributed by atoms with E-state index >= 15 is 0 Å². The van der Waals surface area contributed by atoms with Crippen LogP contribution in [-0.4, -0.2) is 10.2 Å². The van der Waals surface area contributed by atoms with Crippen LogP contribution in [0.15, 0.2) is 6.20 Å². The van der Waals surface area contributed by atoms with Gasteiger partial charge in [-0.05, 0) is 5.92 Å². The SMILES string of the molecule is CC.CC(C)c1[nH]ncc1C(F)F. The van der Waals surface area contributed by atoms with E-state index in [2.05, 4.69) is 10.2 Å². The molecule has 0 fully saturated rings. The van der Waals surface area contributed by atoms with Crippen LogP contribution in [0.2, 0.25) is 0 Å². The molecule has 0 aliphatic carbocycles. The molecule has 0 unspecified atom stereocenters. The predicted molar refractivity (Wildman–Crippen MR) is 49.0 cm³/mol. The minimum atomic E-state index is -2.42. The van der Waals surface area contributed by atoms with E-state index in [0.717, 1.165) is 0 Å². The van der Waals surface area contributed by atoms with Crippen LogP contribution in [-0.2, 0) is 0 Å². The van der Waals surface area contributed by atoms with Crippen LogP contribution in [0.25, 0.3) is 0 Å². The summed E-state index contributed by atoms with van der Waals surface area (Å²) in [5, 5.41) is 6.12. The molecule has 0 spiro atoms. The number of H-pyrrole nitrogens is 1. The standard InChI is InChI=1S/C7H10F2N2.C2H6/c1-4(2)6-5(7(8)9)3-10-11-6;1-2/h3-4,7H,1-2H3,(H,10,11);1-2H3. The van der Waals surface area contributed by atoms with Crippen molar-refractivity contribution in [3.8, 4) is 0 Å². The number of hydrogen-bond donors (Lipinski definition) is 1. The molecule has 0 saturated heterocycles. The fourth-order valence-corrected chi connectivity index (χ4v) is 0.942. The molecule has 0 radical (unpaired) electrons. The molecule has 0 atom stereocenters. The zero-order valence-electron chi connectivity index (χ0n) is 8.44. The fraction of sp³-hybridized carbons (Fsp3) is 0.667. The van der Waals surface area contributed by atoms with Crippen molar-refractivity contribution in [1.29, 1.82) is 0 Å². The molecular formula is C9H16F2N2. The molecule has 13 heavy (non-hydrogen) atoms. The Kier molecular flexibility index (Phi) is 5.26. The summed E-state index contributed by atoms with van der Waals surface area (Å²) in [5.41, 5.74) is 0.542. The normalized spacial score (nSPS) is 10.2. The van der Waals surface area contributed by atoms with Crippen LogP contribution in [0.4, 0.5) is 8.78 Å². The van der Waals surface area contributed by atoms with Crippen LogP contribution < -0.4 is 0 Å². The van der Waals surface area contributed by atoms with Gasteiger partial charge in [0, 0.05) is 5.69 Å². The predicted octanol–water partition coefficient (Wildman–Crippen LogP) is 3.50. The number of alkyl halides is 2. The van der Waals surface area contributed by atoms with E-state index in [9.17, 15) is 8.78 Å².